The molecule has 2 aromatic heterocycles. The molecule has 7 rings (SSSR count). The van der Waals surface area contributed by atoms with E-state index >= 15 is 0 Å². The third kappa shape index (κ3) is 6.30. The molecule has 14 heteroatoms. The molecule has 0 bridgehead atoms. The van der Waals surface area contributed by atoms with E-state index in [9.17, 15) is 23.2 Å². The van der Waals surface area contributed by atoms with Crippen molar-refractivity contribution in [1.29, 1.82) is 0 Å². The van der Waals surface area contributed by atoms with Gasteiger partial charge in [-0.05, 0) is 105 Å². The molecule has 2 heterocycles. The Morgan fingerprint density at radius 3 is 2.50 bits per heavy atom. The topological polar surface area (TPSA) is 167 Å². The van der Waals surface area contributed by atoms with Gasteiger partial charge in [-0.2, -0.15) is 5.10 Å². The summed E-state index contributed by atoms with van der Waals surface area (Å²) in [6, 6.07) is 7.31. The summed E-state index contributed by atoms with van der Waals surface area (Å²) in [4.78, 5) is 24.8. The van der Waals surface area contributed by atoms with Gasteiger partial charge in [-0.3, -0.25) is 18.9 Å². The molecule has 13 nitrogen and oxygen atoms in total. The van der Waals surface area contributed by atoms with Crippen molar-refractivity contribution < 1.29 is 41.7 Å². The van der Waals surface area contributed by atoms with Crippen molar-refractivity contribution in [2.75, 3.05) is 13.2 Å². The molecule has 2 saturated carbocycles. The molecule has 0 unspecified atom stereocenters. The predicted molar refractivity (Wildman–Crippen MR) is 186 cm³/mol. The highest BCUT2D eigenvalue weighted by atomic mass is 32.2. The van der Waals surface area contributed by atoms with Crippen LogP contribution in [0.5, 0.6) is 5.88 Å². The van der Waals surface area contributed by atoms with E-state index in [2.05, 4.69) is 61.4 Å². The smallest absolute Gasteiger partial charge is 0.415 e. The maximum atomic E-state index is 12.9. The van der Waals surface area contributed by atoms with Crippen LogP contribution < -0.4 is 9.64 Å². The van der Waals surface area contributed by atoms with Crippen molar-refractivity contribution in [3.05, 3.63) is 64.6 Å². The number of carbonyl (C=O) groups excluding carboxylic acids is 2. The van der Waals surface area contributed by atoms with Gasteiger partial charge in [0, 0.05) is 17.5 Å². The number of benzene rings is 1. The van der Waals surface area contributed by atoms with Crippen LogP contribution in [0.1, 0.15) is 97.2 Å². The van der Waals surface area contributed by atoms with Crippen LogP contribution >= 0.6 is 0 Å². The van der Waals surface area contributed by atoms with E-state index in [1.165, 1.54) is 47.5 Å². The third-order valence-corrected chi connectivity index (χ3v) is 13.9. The number of rotatable bonds is 10. The summed E-state index contributed by atoms with van der Waals surface area (Å²) >= 11 is 0. The maximum Gasteiger partial charge on any atom is 0.415 e. The van der Waals surface area contributed by atoms with Crippen molar-refractivity contribution in [2.45, 2.75) is 119 Å². The SMILES string of the molecule is CC(C)(C)n1ncc2c1[C@@]1(C)CC[C@H]3[C@@H](CC=C4C[C@@H](OC(=O)CCC(=O)OCCOc5no[n+]([O-])c5S(=O)(=O)c5ccccc5)CC[C@@]43C)[C@@H]1C2. The molecule has 280 valence electrons. The first-order valence-corrected chi connectivity index (χ1v) is 19.8. The van der Waals surface area contributed by atoms with Crippen LogP contribution in [0.4, 0.5) is 0 Å². The Morgan fingerprint density at radius 2 is 1.75 bits per heavy atom. The van der Waals surface area contributed by atoms with E-state index in [-0.39, 0.29) is 58.3 Å². The van der Waals surface area contributed by atoms with Gasteiger partial charge in [0.15, 0.2) is 0 Å². The fourth-order valence-corrected chi connectivity index (χ4v) is 11.0. The normalized spacial score (nSPS) is 28.1. The lowest BCUT2D eigenvalue weighted by molar-refractivity contribution is -0.832. The van der Waals surface area contributed by atoms with Crippen LogP contribution in [-0.4, -0.2) is 54.6 Å². The Balaban J connectivity index is 0.878. The average Bonchev–Trinajstić information content (AvgIpc) is 3.79. The van der Waals surface area contributed by atoms with Crippen molar-refractivity contribution in [2.24, 2.45) is 23.2 Å². The number of fused-ring (bicyclic) bond motifs is 7. The summed E-state index contributed by atoms with van der Waals surface area (Å²) in [5.41, 5.74) is 4.46. The predicted octanol–water partition coefficient (Wildman–Crippen LogP) is 5.38. The minimum absolute atomic E-state index is 0.0509. The van der Waals surface area contributed by atoms with E-state index in [4.69, 9.17) is 19.3 Å². The number of hydrogen-bond acceptors (Lipinski definition) is 11. The molecule has 0 N–H and O–H groups in total. The summed E-state index contributed by atoms with van der Waals surface area (Å²) in [6.07, 6.45) is 11.0. The second-order valence-electron chi connectivity index (χ2n) is 16.3. The molecular formula is C38H48N4O9S. The number of allylic oxidation sites excluding steroid dienone is 1. The van der Waals surface area contributed by atoms with E-state index in [0.29, 0.717) is 17.8 Å². The molecule has 0 aliphatic heterocycles. The van der Waals surface area contributed by atoms with Gasteiger partial charge in [-0.15, -0.1) is 0 Å². The summed E-state index contributed by atoms with van der Waals surface area (Å²) in [6.45, 7) is 11.1. The highest BCUT2D eigenvalue weighted by molar-refractivity contribution is 7.91. The summed E-state index contributed by atoms with van der Waals surface area (Å²) in [5.74, 6) is 0.194. The van der Waals surface area contributed by atoms with Crippen molar-refractivity contribution in [3.63, 3.8) is 0 Å². The lowest BCUT2D eigenvalue weighted by Gasteiger charge is -2.57. The van der Waals surface area contributed by atoms with E-state index < -0.39 is 32.7 Å². The number of aromatic nitrogens is 4. The number of sulfone groups is 1. The summed E-state index contributed by atoms with van der Waals surface area (Å²) in [5, 5.41) is 19.4. The largest absolute Gasteiger partial charge is 0.462 e. The van der Waals surface area contributed by atoms with Crippen LogP contribution in [0.25, 0.3) is 0 Å². The summed E-state index contributed by atoms with van der Waals surface area (Å²) < 4.78 is 48.8. The Bertz CT molecular complexity index is 1980. The van der Waals surface area contributed by atoms with Gasteiger partial charge < -0.3 is 19.4 Å². The van der Waals surface area contributed by atoms with Gasteiger partial charge in [0.2, 0.25) is 0 Å². The number of esters is 2. The molecule has 0 spiro atoms. The Morgan fingerprint density at radius 1 is 1.02 bits per heavy atom. The second-order valence-corrected chi connectivity index (χ2v) is 18.2. The molecule has 4 aliphatic rings. The lowest BCUT2D eigenvalue weighted by Crippen LogP contribution is -2.52. The van der Waals surface area contributed by atoms with Crippen LogP contribution in [0.3, 0.4) is 0 Å². The highest BCUT2D eigenvalue weighted by Crippen LogP contribution is 2.64. The van der Waals surface area contributed by atoms with Crippen molar-refractivity contribution >= 4 is 21.8 Å². The molecule has 0 radical (unpaired) electrons. The first-order valence-electron chi connectivity index (χ1n) is 18.3. The highest BCUT2D eigenvalue weighted by Gasteiger charge is 2.59. The fraction of sp³-hybridized carbons (Fsp3) is 0.605. The molecule has 52 heavy (non-hydrogen) atoms. The third-order valence-electron chi connectivity index (χ3n) is 12.2. The molecule has 3 aromatic rings. The molecular weight excluding hydrogens is 689 g/mol. The van der Waals surface area contributed by atoms with Gasteiger partial charge in [0.1, 0.15) is 19.3 Å². The minimum atomic E-state index is -4.27. The average molecular weight is 737 g/mol. The molecule has 2 fully saturated rings. The van der Waals surface area contributed by atoms with Crippen LogP contribution in [0.15, 0.2) is 62.7 Å². The Hall–Kier alpha value is -4.20. The number of nitrogens with zero attached hydrogens (tertiary/aromatic N) is 4. The van der Waals surface area contributed by atoms with Gasteiger partial charge in [0.05, 0.1) is 34.6 Å². The quantitative estimate of drug-likeness (QED) is 0.113. The van der Waals surface area contributed by atoms with Crippen LogP contribution in [-0.2, 0) is 46.3 Å². The molecule has 4 aliphatic carbocycles. The fourth-order valence-electron chi connectivity index (χ4n) is 9.66. The number of hydrogen-bond donors (Lipinski definition) is 0. The maximum absolute atomic E-state index is 12.9. The minimum Gasteiger partial charge on any atom is -0.462 e. The van der Waals surface area contributed by atoms with Gasteiger partial charge in [0.25, 0.3) is 9.84 Å². The van der Waals surface area contributed by atoms with Gasteiger partial charge in [-0.25, -0.2) is 8.42 Å². The van der Waals surface area contributed by atoms with E-state index in [1.54, 1.807) is 6.07 Å². The number of carbonyl (C=O) groups is 2. The Labute approximate surface area is 304 Å². The second kappa shape index (κ2) is 13.3. The van der Waals surface area contributed by atoms with Crippen LogP contribution in [0.2, 0.25) is 0 Å². The zero-order valence-electron chi connectivity index (χ0n) is 30.5. The Kier molecular flexibility index (Phi) is 9.28. The molecule has 0 saturated heterocycles. The molecule has 0 amide bonds. The van der Waals surface area contributed by atoms with Crippen molar-refractivity contribution in [3.8, 4) is 5.88 Å². The lowest BCUT2D eigenvalue weighted by atomic mass is 9.48. The van der Waals surface area contributed by atoms with E-state index in [1.807, 2.05) is 0 Å². The monoisotopic (exact) mass is 736 g/mol. The first-order chi connectivity index (χ1) is 24.6. The van der Waals surface area contributed by atoms with Crippen molar-refractivity contribution in [1.82, 2.24) is 14.9 Å². The van der Waals surface area contributed by atoms with E-state index in [0.717, 1.165) is 38.5 Å². The summed E-state index contributed by atoms with van der Waals surface area (Å²) in [7, 11) is -4.27. The van der Waals surface area contributed by atoms with Gasteiger partial charge >= 0.3 is 22.8 Å². The standard InChI is InChI=1S/C38H48N4O9S/c1-36(2,3)41-33-24(23-39-41)21-30-28-12-11-25-22-26(15-17-37(25,4)29(28)16-18-38(30,33)5)50-32(44)14-13-31(43)48-19-20-49-34-35(42(45)51-40-34)52(46,47)27-9-7-6-8-10-27/h6-11,23,26,28-30H,12-22H2,1-5H3/t26-,28+,29-,30-,37-,38-/m0/s1. The molecule has 1 aromatic carbocycles. The van der Waals surface area contributed by atoms with Gasteiger partial charge in [-0.1, -0.05) is 43.7 Å². The molecule has 6 atom stereocenters. The number of ether oxygens (including phenoxy) is 3. The zero-order chi connectivity index (χ0) is 37.1. The zero-order valence-corrected chi connectivity index (χ0v) is 31.3. The first kappa shape index (κ1) is 36.2. The van der Waals surface area contributed by atoms with Crippen LogP contribution in [0, 0.1) is 28.4 Å².